The highest BCUT2D eigenvalue weighted by molar-refractivity contribution is 9.09. The van der Waals surface area contributed by atoms with E-state index in [9.17, 15) is 0 Å². The molecule has 0 aliphatic rings. The summed E-state index contributed by atoms with van der Waals surface area (Å²) < 4.78 is 2.13. The maximum atomic E-state index is 4.17. The first-order valence-corrected chi connectivity index (χ1v) is 6.29. The second kappa shape index (κ2) is 5.66. The fourth-order valence-corrected chi connectivity index (χ4v) is 1.73. The van der Waals surface area contributed by atoms with Crippen molar-refractivity contribution in [2.24, 2.45) is 0 Å². The number of benzene rings is 1. The lowest BCUT2D eigenvalue weighted by molar-refractivity contribution is 0.789. The summed E-state index contributed by atoms with van der Waals surface area (Å²) in [5.74, 6) is 0. The molecule has 82 valence electrons. The van der Waals surface area contributed by atoms with Gasteiger partial charge < -0.3 is 4.57 Å². The lowest BCUT2D eigenvalue weighted by Crippen LogP contribution is -1.99. The molecule has 0 amide bonds. The SMILES string of the molecule is BrC/C=C/c1cncn1Cc1ccccc1. The zero-order chi connectivity index (χ0) is 11.2. The normalized spacial score (nSPS) is 11.1. The number of nitrogens with zero attached hydrogens (tertiary/aromatic N) is 2. The van der Waals surface area contributed by atoms with Crippen LogP contribution in [0.3, 0.4) is 0 Å². The topological polar surface area (TPSA) is 17.8 Å². The molecule has 0 unspecified atom stereocenters. The molecule has 2 aromatic rings. The molecule has 0 saturated carbocycles. The molecule has 0 N–H and O–H groups in total. The zero-order valence-corrected chi connectivity index (χ0v) is 10.5. The summed E-state index contributed by atoms with van der Waals surface area (Å²) in [6.45, 7) is 0.864. The van der Waals surface area contributed by atoms with Crippen molar-refractivity contribution in [3.05, 3.63) is 60.2 Å². The van der Waals surface area contributed by atoms with Gasteiger partial charge in [0.05, 0.1) is 18.2 Å². The lowest BCUT2D eigenvalue weighted by atomic mass is 10.2. The van der Waals surface area contributed by atoms with Crippen LogP contribution in [0.25, 0.3) is 6.08 Å². The molecular weight excluding hydrogens is 264 g/mol. The summed E-state index contributed by atoms with van der Waals surface area (Å²) in [4.78, 5) is 4.17. The number of hydrogen-bond acceptors (Lipinski definition) is 1. The van der Waals surface area contributed by atoms with Crippen LogP contribution in [0, 0.1) is 0 Å². The molecule has 16 heavy (non-hydrogen) atoms. The molecule has 1 aromatic carbocycles. The first-order chi connectivity index (χ1) is 7.90. The van der Waals surface area contributed by atoms with Crippen LogP contribution >= 0.6 is 15.9 Å². The number of aromatic nitrogens is 2. The third kappa shape index (κ3) is 2.83. The Morgan fingerprint density at radius 3 is 2.81 bits per heavy atom. The zero-order valence-electron chi connectivity index (χ0n) is 8.88. The average molecular weight is 277 g/mol. The Labute approximate surface area is 104 Å². The number of imidazole rings is 1. The van der Waals surface area contributed by atoms with Crippen molar-refractivity contribution < 1.29 is 0 Å². The Hall–Kier alpha value is -1.35. The summed E-state index contributed by atoms with van der Waals surface area (Å²) >= 11 is 3.37. The van der Waals surface area contributed by atoms with Crippen LogP contribution < -0.4 is 0 Å². The van der Waals surface area contributed by atoms with E-state index < -0.39 is 0 Å². The second-order valence-corrected chi connectivity index (χ2v) is 4.14. The van der Waals surface area contributed by atoms with Gasteiger partial charge in [0.2, 0.25) is 0 Å². The van der Waals surface area contributed by atoms with Crippen LogP contribution in [0.2, 0.25) is 0 Å². The van der Waals surface area contributed by atoms with Crippen molar-refractivity contribution in [3.8, 4) is 0 Å². The minimum absolute atomic E-state index is 0.864. The Morgan fingerprint density at radius 2 is 2.06 bits per heavy atom. The van der Waals surface area contributed by atoms with E-state index in [-0.39, 0.29) is 0 Å². The predicted octanol–water partition coefficient (Wildman–Crippen LogP) is 3.34. The molecule has 1 heterocycles. The summed E-state index contributed by atoms with van der Waals surface area (Å²) in [5.41, 5.74) is 2.41. The molecule has 0 radical (unpaired) electrons. The molecular formula is C13H13BrN2. The molecule has 0 aliphatic heterocycles. The minimum Gasteiger partial charge on any atom is -0.327 e. The summed E-state index contributed by atoms with van der Waals surface area (Å²) in [5, 5.41) is 0.865. The quantitative estimate of drug-likeness (QED) is 0.784. The van der Waals surface area contributed by atoms with Crippen molar-refractivity contribution in [1.29, 1.82) is 0 Å². The maximum absolute atomic E-state index is 4.17. The molecule has 2 rings (SSSR count). The molecule has 0 atom stereocenters. The van der Waals surface area contributed by atoms with Gasteiger partial charge in [-0.3, -0.25) is 0 Å². The van der Waals surface area contributed by atoms with Gasteiger partial charge in [0.15, 0.2) is 0 Å². The minimum atomic E-state index is 0.864. The highest BCUT2D eigenvalue weighted by atomic mass is 79.9. The Balaban J connectivity index is 2.16. The first-order valence-electron chi connectivity index (χ1n) is 5.16. The molecule has 0 aliphatic carbocycles. The van der Waals surface area contributed by atoms with Gasteiger partial charge in [0, 0.05) is 11.9 Å². The van der Waals surface area contributed by atoms with E-state index in [0.29, 0.717) is 0 Å². The average Bonchev–Trinajstić information content (AvgIpc) is 2.75. The fraction of sp³-hybridized carbons (Fsp3) is 0.154. The molecule has 3 heteroatoms. The standard InChI is InChI=1S/C13H13BrN2/c14-8-4-7-13-9-15-11-16(13)10-12-5-2-1-3-6-12/h1-7,9,11H,8,10H2/b7-4+. The van der Waals surface area contributed by atoms with Gasteiger partial charge in [-0.25, -0.2) is 4.98 Å². The van der Waals surface area contributed by atoms with E-state index in [1.165, 1.54) is 5.56 Å². The second-order valence-electron chi connectivity index (χ2n) is 3.49. The fourth-order valence-electron chi connectivity index (χ4n) is 1.55. The van der Waals surface area contributed by atoms with Crippen LogP contribution in [0.15, 0.2) is 48.9 Å². The summed E-state index contributed by atoms with van der Waals surface area (Å²) in [7, 11) is 0. The van der Waals surface area contributed by atoms with Gasteiger partial charge in [-0.15, -0.1) is 0 Å². The van der Waals surface area contributed by atoms with Crippen LogP contribution in [0.4, 0.5) is 0 Å². The number of hydrogen-bond donors (Lipinski definition) is 0. The van der Waals surface area contributed by atoms with Crippen molar-refractivity contribution in [1.82, 2.24) is 9.55 Å². The van der Waals surface area contributed by atoms with Crippen molar-refractivity contribution in [3.63, 3.8) is 0 Å². The smallest absolute Gasteiger partial charge is 0.0953 e. The predicted molar refractivity (Wildman–Crippen MR) is 70.6 cm³/mol. The van der Waals surface area contributed by atoms with Crippen LogP contribution in [-0.4, -0.2) is 14.9 Å². The van der Waals surface area contributed by atoms with Crippen molar-refractivity contribution in [2.45, 2.75) is 6.54 Å². The van der Waals surface area contributed by atoms with Gasteiger partial charge in [-0.05, 0) is 11.6 Å². The van der Waals surface area contributed by atoms with E-state index in [4.69, 9.17) is 0 Å². The molecule has 0 bridgehead atoms. The highest BCUT2D eigenvalue weighted by Gasteiger charge is 1.98. The van der Waals surface area contributed by atoms with Crippen molar-refractivity contribution in [2.75, 3.05) is 5.33 Å². The van der Waals surface area contributed by atoms with E-state index in [1.807, 2.05) is 18.6 Å². The molecule has 0 spiro atoms. The number of halogens is 1. The Morgan fingerprint density at radius 1 is 1.25 bits per heavy atom. The Bertz CT molecular complexity index is 460. The highest BCUT2D eigenvalue weighted by Crippen LogP contribution is 2.07. The van der Waals surface area contributed by atoms with Crippen molar-refractivity contribution >= 4 is 22.0 Å². The molecule has 1 aromatic heterocycles. The van der Waals surface area contributed by atoms with Crippen LogP contribution in [-0.2, 0) is 6.54 Å². The van der Waals surface area contributed by atoms with E-state index in [0.717, 1.165) is 17.6 Å². The molecule has 0 saturated heterocycles. The summed E-state index contributed by atoms with van der Waals surface area (Å²) in [6, 6.07) is 10.4. The monoisotopic (exact) mass is 276 g/mol. The number of allylic oxidation sites excluding steroid dienone is 1. The van der Waals surface area contributed by atoms with Gasteiger partial charge in [0.25, 0.3) is 0 Å². The first kappa shape index (κ1) is 11.1. The van der Waals surface area contributed by atoms with E-state index in [2.05, 4.69) is 61.9 Å². The van der Waals surface area contributed by atoms with Crippen LogP contribution in [0.1, 0.15) is 11.3 Å². The number of rotatable bonds is 4. The Kier molecular flexibility index (Phi) is 3.94. The third-order valence-corrected chi connectivity index (χ3v) is 2.69. The molecule has 0 fully saturated rings. The largest absolute Gasteiger partial charge is 0.327 e. The van der Waals surface area contributed by atoms with Gasteiger partial charge in [0.1, 0.15) is 0 Å². The van der Waals surface area contributed by atoms with E-state index >= 15 is 0 Å². The van der Waals surface area contributed by atoms with E-state index in [1.54, 1.807) is 0 Å². The third-order valence-electron chi connectivity index (χ3n) is 2.32. The van der Waals surface area contributed by atoms with Crippen LogP contribution in [0.5, 0.6) is 0 Å². The maximum Gasteiger partial charge on any atom is 0.0953 e. The number of alkyl halides is 1. The van der Waals surface area contributed by atoms with Gasteiger partial charge in [-0.1, -0.05) is 52.3 Å². The van der Waals surface area contributed by atoms with Gasteiger partial charge in [-0.2, -0.15) is 0 Å². The molecule has 2 nitrogen and oxygen atoms in total. The summed E-state index contributed by atoms with van der Waals surface area (Å²) in [6.07, 6.45) is 7.88. The lowest BCUT2D eigenvalue weighted by Gasteiger charge is -2.04. The van der Waals surface area contributed by atoms with Gasteiger partial charge >= 0.3 is 0 Å².